The molecule has 1 N–H and O–H groups in total. The van der Waals surface area contributed by atoms with Crippen molar-refractivity contribution in [3.05, 3.63) is 95.7 Å². The standard InChI is InChI=1S/C24H20FN3O2/c1-16-4-2-3-5-17(16)11-13-28-15-27-22(21-14-19(24(29)30)10-12-26-21)23(28)18-6-8-20(25)9-7-18/h2-10,12,14-15H,11,13H2,1H3,(H,29,30). The minimum absolute atomic E-state index is 0.138. The Morgan fingerprint density at radius 3 is 2.57 bits per heavy atom. The van der Waals surface area contributed by atoms with Crippen LogP contribution in [0.4, 0.5) is 4.39 Å². The van der Waals surface area contributed by atoms with Gasteiger partial charge in [-0.25, -0.2) is 14.2 Å². The Kier molecular flexibility index (Phi) is 5.39. The molecule has 0 bridgehead atoms. The molecule has 0 fully saturated rings. The Morgan fingerprint density at radius 2 is 1.83 bits per heavy atom. The Bertz CT molecular complexity index is 1200. The van der Waals surface area contributed by atoms with Gasteiger partial charge >= 0.3 is 5.97 Å². The van der Waals surface area contributed by atoms with Crippen LogP contribution in [-0.2, 0) is 13.0 Å². The lowest BCUT2D eigenvalue weighted by molar-refractivity contribution is 0.0697. The van der Waals surface area contributed by atoms with Crippen LogP contribution in [0.25, 0.3) is 22.6 Å². The van der Waals surface area contributed by atoms with Gasteiger partial charge in [0.2, 0.25) is 0 Å². The molecule has 5 nitrogen and oxygen atoms in total. The van der Waals surface area contributed by atoms with Gasteiger partial charge in [0.05, 0.1) is 23.3 Å². The maximum Gasteiger partial charge on any atom is 0.335 e. The van der Waals surface area contributed by atoms with Crippen LogP contribution in [0.5, 0.6) is 0 Å². The van der Waals surface area contributed by atoms with E-state index in [0.29, 0.717) is 17.9 Å². The molecule has 0 saturated heterocycles. The average molecular weight is 401 g/mol. The lowest BCUT2D eigenvalue weighted by Crippen LogP contribution is -2.04. The number of hydrogen-bond donors (Lipinski definition) is 1. The molecule has 2 aromatic heterocycles. The fourth-order valence-corrected chi connectivity index (χ4v) is 3.47. The number of aryl methyl sites for hydroxylation is 3. The summed E-state index contributed by atoms with van der Waals surface area (Å²) in [5.74, 6) is -1.35. The zero-order chi connectivity index (χ0) is 21.1. The Morgan fingerprint density at radius 1 is 1.07 bits per heavy atom. The first-order valence-corrected chi connectivity index (χ1v) is 9.58. The Balaban J connectivity index is 1.77. The van der Waals surface area contributed by atoms with Gasteiger partial charge in [0.25, 0.3) is 0 Å². The van der Waals surface area contributed by atoms with Gasteiger partial charge in [-0.05, 0) is 60.9 Å². The SMILES string of the molecule is Cc1ccccc1CCn1cnc(-c2cc(C(=O)O)ccn2)c1-c1ccc(F)cc1. The van der Waals surface area contributed by atoms with Gasteiger partial charge in [-0.15, -0.1) is 0 Å². The highest BCUT2D eigenvalue weighted by Gasteiger charge is 2.18. The fraction of sp³-hybridized carbons (Fsp3) is 0.125. The molecule has 2 aromatic carbocycles. The van der Waals surface area contributed by atoms with Gasteiger partial charge in [0.1, 0.15) is 11.5 Å². The third-order valence-electron chi connectivity index (χ3n) is 5.09. The summed E-state index contributed by atoms with van der Waals surface area (Å²) in [7, 11) is 0. The lowest BCUT2D eigenvalue weighted by atomic mass is 10.0. The molecule has 0 saturated carbocycles. The number of rotatable bonds is 6. The molecule has 0 radical (unpaired) electrons. The van der Waals surface area contributed by atoms with E-state index in [1.807, 2.05) is 16.7 Å². The predicted molar refractivity (Wildman–Crippen MR) is 113 cm³/mol. The van der Waals surface area contributed by atoms with Gasteiger partial charge < -0.3 is 9.67 Å². The van der Waals surface area contributed by atoms with Crippen LogP contribution >= 0.6 is 0 Å². The van der Waals surface area contributed by atoms with Gasteiger partial charge in [-0.2, -0.15) is 0 Å². The van der Waals surface area contributed by atoms with Crippen LogP contribution in [0, 0.1) is 12.7 Å². The van der Waals surface area contributed by atoms with Crippen LogP contribution in [0.1, 0.15) is 21.5 Å². The molecular weight excluding hydrogens is 381 g/mol. The van der Waals surface area contributed by atoms with Crippen molar-refractivity contribution in [1.29, 1.82) is 0 Å². The third-order valence-corrected chi connectivity index (χ3v) is 5.09. The molecule has 0 spiro atoms. The number of halogens is 1. The highest BCUT2D eigenvalue weighted by atomic mass is 19.1. The van der Waals surface area contributed by atoms with Crippen molar-refractivity contribution < 1.29 is 14.3 Å². The third kappa shape index (κ3) is 3.98. The van der Waals surface area contributed by atoms with E-state index in [0.717, 1.165) is 17.7 Å². The molecule has 0 aliphatic carbocycles. The van der Waals surface area contributed by atoms with E-state index in [4.69, 9.17) is 0 Å². The van der Waals surface area contributed by atoms with Crippen molar-refractivity contribution in [2.75, 3.05) is 0 Å². The summed E-state index contributed by atoms with van der Waals surface area (Å²) in [6.45, 7) is 2.75. The molecule has 2 heterocycles. The number of carbonyl (C=O) groups is 1. The highest BCUT2D eigenvalue weighted by Crippen LogP contribution is 2.31. The average Bonchev–Trinajstić information content (AvgIpc) is 3.18. The number of pyridine rings is 1. The molecule has 4 rings (SSSR count). The predicted octanol–water partition coefficient (Wildman–Crippen LogP) is 5.00. The molecule has 4 aromatic rings. The molecule has 6 heteroatoms. The van der Waals surface area contributed by atoms with Crippen LogP contribution in [0.15, 0.2) is 73.2 Å². The second kappa shape index (κ2) is 8.29. The van der Waals surface area contributed by atoms with Crippen molar-refractivity contribution in [3.8, 4) is 22.6 Å². The molecule has 0 unspecified atom stereocenters. The molecule has 0 aliphatic heterocycles. The summed E-state index contributed by atoms with van der Waals surface area (Å²) in [5.41, 5.74) is 5.19. The number of aromatic nitrogens is 3. The molecule has 30 heavy (non-hydrogen) atoms. The van der Waals surface area contributed by atoms with E-state index in [1.165, 1.54) is 41.6 Å². The molecule has 0 atom stereocenters. The van der Waals surface area contributed by atoms with Crippen LogP contribution < -0.4 is 0 Å². The first kappa shape index (κ1) is 19.5. The first-order chi connectivity index (χ1) is 14.5. The largest absolute Gasteiger partial charge is 0.478 e. The van der Waals surface area contributed by atoms with Crippen molar-refractivity contribution in [2.24, 2.45) is 0 Å². The smallest absolute Gasteiger partial charge is 0.335 e. The molecule has 150 valence electrons. The number of benzene rings is 2. The summed E-state index contributed by atoms with van der Waals surface area (Å²) in [6.07, 6.45) is 3.99. The number of hydrogen-bond acceptors (Lipinski definition) is 3. The van der Waals surface area contributed by atoms with E-state index in [1.54, 1.807) is 18.5 Å². The van der Waals surface area contributed by atoms with E-state index in [2.05, 4.69) is 29.0 Å². The quantitative estimate of drug-likeness (QED) is 0.494. The van der Waals surface area contributed by atoms with Crippen LogP contribution in [-0.4, -0.2) is 25.6 Å². The zero-order valence-corrected chi connectivity index (χ0v) is 16.4. The summed E-state index contributed by atoms with van der Waals surface area (Å²) < 4.78 is 15.5. The number of nitrogens with zero attached hydrogens (tertiary/aromatic N) is 3. The van der Waals surface area contributed by atoms with Crippen molar-refractivity contribution in [3.63, 3.8) is 0 Å². The van der Waals surface area contributed by atoms with Gasteiger partial charge in [0.15, 0.2) is 0 Å². The topological polar surface area (TPSA) is 68.0 Å². The minimum atomic E-state index is -1.03. The van der Waals surface area contributed by atoms with E-state index < -0.39 is 5.97 Å². The first-order valence-electron chi connectivity index (χ1n) is 9.58. The maximum atomic E-state index is 13.5. The number of carboxylic acid groups (broad SMARTS) is 1. The van der Waals surface area contributed by atoms with E-state index in [-0.39, 0.29) is 11.4 Å². The molecule has 0 amide bonds. The summed E-state index contributed by atoms with van der Waals surface area (Å²) in [5, 5.41) is 9.32. The van der Waals surface area contributed by atoms with Crippen molar-refractivity contribution >= 4 is 5.97 Å². The van der Waals surface area contributed by atoms with Gasteiger partial charge in [-0.1, -0.05) is 24.3 Å². The van der Waals surface area contributed by atoms with Crippen molar-refractivity contribution in [2.45, 2.75) is 19.9 Å². The number of aromatic carboxylic acids is 1. The van der Waals surface area contributed by atoms with Crippen LogP contribution in [0.2, 0.25) is 0 Å². The highest BCUT2D eigenvalue weighted by molar-refractivity contribution is 5.89. The minimum Gasteiger partial charge on any atom is -0.478 e. The van der Waals surface area contributed by atoms with E-state index in [9.17, 15) is 14.3 Å². The molecule has 0 aliphatic rings. The van der Waals surface area contributed by atoms with Crippen LogP contribution in [0.3, 0.4) is 0 Å². The zero-order valence-electron chi connectivity index (χ0n) is 16.4. The Labute approximate surface area is 173 Å². The van der Waals surface area contributed by atoms with Gasteiger partial charge in [0, 0.05) is 18.3 Å². The normalized spacial score (nSPS) is 10.9. The summed E-state index contributed by atoms with van der Waals surface area (Å²) in [4.78, 5) is 20.2. The van der Waals surface area contributed by atoms with Crippen molar-refractivity contribution in [1.82, 2.24) is 14.5 Å². The maximum absolute atomic E-state index is 13.5. The lowest BCUT2D eigenvalue weighted by Gasteiger charge is -2.12. The monoisotopic (exact) mass is 401 g/mol. The number of carboxylic acids is 1. The second-order valence-electron chi connectivity index (χ2n) is 7.05. The molecular formula is C24H20FN3O2. The summed E-state index contributed by atoms with van der Waals surface area (Å²) in [6, 6.07) is 17.4. The fourth-order valence-electron chi connectivity index (χ4n) is 3.47. The second-order valence-corrected chi connectivity index (χ2v) is 7.05. The Hall–Kier alpha value is -3.80. The number of imidazole rings is 1. The summed E-state index contributed by atoms with van der Waals surface area (Å²) >= 11 is 0. The van der Waals surface area contributed by atoms with E-state index >= 15 is 0 Å². The van der Waals surface area contributed by atoms with Gasteiger partial charge in [-0.3, -0.25) is 4.98 Å².